The lowest BCUT2D eigenvalue weighted by Crippen LogP contribution is -2.34. The van der Waals surface area contributed by atoms with Crippen molar-refractivity contribution < 1.29 is 18.3 Å². The van der Waals surface area contributed by atoms with E-state index in [1.807, 2.05) is 6.07 Å². The van der Waals surface area contributed by atoms with E-state index in [2.05, 4.69) is 16.2 Å². The Morgan fingerprint density at radius 2 is 1.76 bits per heavy atom. The van der Waals surface area contributed by atoms with Gasteiger partial charge in [-0.1, -0.05) is 24.3 Å². The molecule has 0 fully saturated rings. The molecule has 134 valence electrons. The van der Waals surface area contributed by atoms with Crippen LogP contribution in [0.4, 0.5) is 5.69 Å². The molecule has 0 heterocycles. The molecule has 0 saturated heterocycles. The first-order chi connectivity index (χ1) is 12.0. The summed E-state index contributed by atoms with van der Waals surface area (Å²) in [7, 11) is -3.48. The molecule has 0 bridgehead atoms. The molecule has 0 aliphatic rings. The van der Waals surface area contributed by atoms with Gasteiger partial charge in [0.2, 0.25) is 0 Å². The first-order valence-electron chi connectivity index (χ1n) is 7.79. The van der Waals surface area contributed by atoms with Gasteiger partial charge in [-0.25, -0.2) is 13.8 Å². The highest BCUT2D eigenvalue weighted by atomic mass is 32.2. The summed E-state index contributed by atoms with van der Waals surface area (Å²) in [6.45, 7) is 0.439. The minimum absolute atomic E-state index is 0.144. The number of aliphatic hydroxyl groups is 1. The van der Waals surface area contributed by atoms with Crippen LogP contribution in [0, 0.1) is 0 Å². The third-order valence-corrected chi connectivity index (χ3v) is 5.05. The maximum atomic E-state index is 11.9. The molecular formula is C17H21N3O4S. The fourth-order valence-corrected chi connectivity index (χ4v) is 3.17. The second-order valence-electron chi connectivity index (χ2n) is 5.24. The molecule has 0 saturated carbocycles. The Morgan fingerprint density at radius 1 is 1.00 bits per heavy atom. The first kappa shape index (κ1) is 18.9. The molecule has 0 aromatic heterocycles. The Morgan fingerprint density at radius 3 is 2.48 bits per heavy atom. The smallest absolute Gasteiger partial charge is 0.251 e. The Bertz CT molecular complexity index is 795. The van der Waals surface area contributed by atoms with Crippen molar-refractivity contribution in [2.24, 2.45) is 0 Å². The van der Waals surface area contributed by atoms with Gasteiger partial charge in [0.1, 0.15) is 0 Å². The van der Waals surface area contributed by atoms with Gasteiger partial charge >= 0.3 is 0 Å². The number of carbonyl (C=O) groups excluding carboxylic acids is 1. The lowest BCUT2D eigenvalue weighted by atomic mass is 10.2. The number of benzene rings is 2. The molecule has 0 unspecified atom stereocenters. The Balaban J connectivity index is 1.78. The summed E-state index contributed by atoms with van der Waals surface area (Å²) in [5.74, 6) is -0.463. The molecule has 7 nitrogen and oxygen atoms in total. The van der Waals surface area contributed by atoms with Gasteiger partial charge in [0.05, 0.1) is 22.9 Å². The molecule has 2 rings (SSSR count). The van der Waals surface area contributed by atoms with Crippen molar-refractivity contribution in [1.82, 2.24) is 10.7 Å². The van der Waals surface area contributed by atoms with Crippen molar-refractivity contribution in [3.05, 3.63) is 60.2 Å². The van der Waals surface area contributed by atoms with Gasteiger partial charge < -0.3 is 15.8 Å². The standard InChI is InChI=1S/C17H21N3O4S/c21-11-12-25(23,24)16-8-4-7-15(13-16)20-19-10-9-18-17(22)14-5-2-1-3-6-14/h1-8,13,19-21H,9-12H2,(H,18,22). The molecule has 2 aromatic rings. The number of aliphatic hydroxyl groups excluding tert-OH is 1. The third kappa shape index (κ3) is 5.86. The number of hydrazine groups is 1. The zero-order valence-corrected chi connectivity index (χ0v) is 14.4. The summed E-state index contributed by atoms with van der Waals surface area (Å²) in [4.78, 5) is 12.0. The van der Waals surface area contributed by atoms with Gasteiger partial charge in [0, 0.05) is 18.7 Å². The highest BCUT2D eigenvalue weighted by Gasteiger charge is 2.13. The summed E-state index contributed by atoms with van der Waals surface area (Å²) in [5.41, 5.74) is 6.97. The fraction of sp³-hybridized carbons (Fsp3) is 0.235. The summed E-state index contributed by atoms with van der Waals surface area (Å²) in [6.07, 6.45) is 0. The van der Waals surface area contributed by atoms with Crippen LogP contribution in [0.25, 0.3) is 0 Å². The van der Waals surface area contributed by atoms with Crippen LogP contribution in [0.2, 0.25) is 0 Å². The van der Waals surface area contributed by atoms with E-state index in [4.69, 9.17) is 5.11 Å². The van der Waals surface area contributed by atoms with Gasteiger partial charge in [-0.05, 0) is 30.3 Å². The molecule has 0 spiro atoms. The minimum atomic E-state index is -3.48. The molecular weight excluding hydrogens is 342 g/mol. The second kappa shape index (κ2) is 9.16. The molecule has 0 aliphatic carbocycles. The van der Waals surface area contributed by atoms with Gasteiger partial charge in [0.25, 0.3) is 5.91 Å². The van der Waals surface area contributed by atoms with Crippen LogP contribution in [0.5, 0.6) is 0 Å². The number of carbonyl (C=O) groups is 1. The first-order valence-corrected chi connectivity index (χ1v) is 9.44. The summed E-state index contributed by atoms with van der Waals surface area (Å²) in [5, 5.41) is 11.6. The SMILES string of the molecule is O=C(NCCNNc1cccc(S(=O)(=O)CCO)c1)c1ccccc1. The van der Waals surface area contributed by atoms with E-state index < -0.39 is 16.4 Å². The quantitative estimate of drug-likeness (QED) is 0.388. The van der Waals surface area contributed by atoms with Crippen LogP contribution >= 0.6 is 0 Å². The topological polar surface area (TPSA) is 108 Å². The molecule has 8 heteroatoms. The van der Waals surface area contributed by atoms with Gasteiger partial charge in [0.15, 0.2) is 9.84 Å². The van der Waals surface area contributed by atoms with Gasteiger partial charge in [-0.2, -0.15) is 0 Å². The van der Waals surface area contributed by atoms with E-state index in [-0.39, 0.29) is 16.6 Å². The average Bonchev–Trinajstić information content (AvgIpc) is 2.62. The number of rotatable bonds is 9. The lowest BCUT2D eigenvalue weighted by molar-refractivity contribution is 0.0954. The molecule has 4 N–H and O–H groups in total. The van der Waals surface area contributed by atoms with Gasteiger partial charge in [-0.15, -0.1) is 0 Å². The highest BCUT2D eigenvalue weighted by Crippen LogP contribution is 2.16. The summed E-state index contributed by atoms with van der Waals surface area (Å²) in [6, 6.07) is 15.2. The maximum absolute atomic E-state index is 11.9. The van der Waals surface area contributed by atoms with Gasteiger partial charge in [-0.3, -0.25) is 4.79 Å². The number of hydrogen-bond acceptors (Lipinski definition) is 6. The summed E-state index contributed by atoms with van der Waals surface area (Å²) < 4.78 is 23.8. The third-order valence-electron chi connectivity index (χ3n) is 3.36. The zero-order valence-electron chi connectivity index (χ0n) is 13.6. The van der Waals surface area contributed by atoms with Crippen LogP contribution in [0.3, 0.4) is 0 Å². The average molecular weight is 363 g/mol. The summed E-state index contributed by atoms with van der Waals surface area (Å²) >= 11 is 0. The molecule has 0 aliphatic heterocycles. The predicted molar refractivity (Wildman–Crippen MR) is 96.0 cm³/mol. The molecule has 25 heavy (non-hydrogen) atoms. The van der Waals surface area contributed by atoms with Crippen molar-refractivity contribution in [3.63, 3.8) is 0 Å². The largest absolute Gasteiger partial charge is 0.395 e. The number of hydrogen-bond donors (Lipinski definition) is 4. The van der Waals surface area contributed by atoms with E-state index in [9.17, 15) is 13.2 Å². The normalized spacial score (nSPS) is 11.1. The highest BCUT2D eigenvalue weighted by molar-refractivity contribution is 7.91. The van der Waals surface area contributed by atoms with Crippen LogP contribution in [0.1, 0.15) is 10.4 Å². The number of anilines is 1. The van der Waals surface area contributed by atoms with E-state index in [0.717, 1.165) is 0 Å². The molecule has 1 amide bonds. The number of sulfone groups is 1. The van der Waals surface area contributed by atoms with Crippen LogP contribution < -0.4 is 16.2 Å². The molecule has 2 aromatic carbocycles. The van der Waals surface area contributed by atoms with Crippen molar-refractivity contribution in [2.45, 2.75) is 4.90 Å². The molecule has 0 atom stereocenters. The Kier molecular flexibility index (Phi) is 6.93. The van der Waals surface area contributed by atoms with Crippen LogP contribution in [-0.4, -0.2) is 44.9 Å². The van der Waals surface area contributed by atoms with E-state index in [1.54, 1.807) is 36.4 Å². The fourth-order valence-electron chi connectivity index (χ4n) is 2.10. The minimum Gasteiger partial charge on any atom is -0.395 e. The van der Waals surface area contributed by atoms with Crippen molar-refractivity contribution in [3.8, 4) is 0 Å². The van der Waals surface area contributed by atoms with E-state index in [1.165, 1.54) is 12.1 Å². The number of nitrogens with one attached hydrogen (secondary N) is 3. The monoisotopic (exact) mass is 363 g/mol. The van der Waals surface area contributed by atoms with Crippen LogP contribution in [0.15, 0.2) is 59.5 Å². The zero-order chi connectivity index (χ0) is 18.1. The second-order valence-corrected chi connectivity index (χ2v) is 7.35. The van der Waals surface area contributed by atoms with Crippen molar-refractivity contribution in [2.75, 3.05) is 30.9 Å². The maximum Gasteiger partial charge on any atom is 0.251 e. The Hall–Kier alpha value is -2.42. The van der Waals surface area contributed by atoms with Crippen molar-refractivity contribution in [1.29, 1.82) is 0 Å². The lowest BCUT2D eigenvalue weighted by Gasteiger charge is -2.11. The number of amides is 1. The van der Waals surface area contributed by atoms with E-state index >= 15 is 0 Å². The molecule has 0 radical (unpaired) electrons. The Labute approximate surface area is 147 Å². The van der Waals surface area contributed by atoms with Crippen molar-refractivity contribution >= 4 is 21.4 Å². The predicted octanol–water partition coefficient (Wildman–Crippen LogP) is 0.799. The van der Waals surface area contributed by atoms with E-state index in [0.29, 0.717) is 24.3 Å². The van der Waals surface area contributed by atoms with Crippen LogP contribution in [-0.2, 0) is 9.84 Å².